The molecule has 2 N–H and O–H groups in total. The first-order chi connectivity index (χ1) is 13.4. The number of ether oxygens (including phenoxy) is 2. The number of aryl methyl sites for hydroxylation is 1. The zero-order valence-electron chi connectivity index (χ0n) is 15.9. The minimum atomic E-state index is -1.45. The van der Waals surface area contributed by atoms with Crippen LogP contribution in [-0.4, -0.2) is 23.1 Å². The average Bonchev–Trinajstić information content (AvgIpc) is 2.64. The molecule has 0 radical (unpaired) electrons. The molecule has 0 aliphatic rings. The summed E-state index contributed by atoms with van der Waals surface area (Å²) < 4.78 is 25.1. The lowest BCUT2D eigenvalue weighted by atomic mass is 10.0. The molecule has 3 rings (SSSR count). The van der Waals surface area contributed by atoms with Gasteiger partial charge in [0.25, 0.3) is 0 Å². The third-order valence-electron chi connectivity index (χ3n) is 4.23. The van der Waals surface area contributed by atoms with Crippen LogP contribution in [0.25, 0.3) is 11.1 Å². The van der Waals surface area contributed by atoms with Crippen LogP contribution in [0.4, 0.5) is 4.39 Å². The molecule has 4 nitrogen and oxygen atoms in total. The number of aliphatic hydroxyl groups is 2. The number of aliphatic hydroxyl groups excluding tert-OH is 1. The van der Waals surface area contributed by atoms with Crippen molar-refractivity contribution in [3.8, 4) is 28.4 Å². The molecular weight excluding hydrogens is 359 g/mol. The fourth-order valence-corrected chi connectivity index (χ4v) is 2.97. The Balaban J connectivity index is 1.88. The molecule has 0 bridgehead atoms. The molecule has 0 unspecified atom stereocenters. The summed E-state index contributed by atoms with van der Waals surface area (Å²) in [5, 5.41) is 18.5. The van der Waals surface area contributed by atoms with E-state index >= 15 is 0 Å². The van der Waals surface area contributed by atoms with E-state index in [4.69, 9.17) is 9.47 Å². The molecule has 0 saturated heterocycles. The van der Waals surface area contributed by atoms with Gasteiger partial charge in [0, 0.05) is 12.5 Å². The van der Waals surface area contributed by atoms with Crippen LogP contribution in [0.1, 0.15) is 18.1 Å². The Morgan fingerprint density at radius 1 is 0.893 bits per heavy atom. The Kier molecular flexibility index (Phi) is 6.29. The van der Waals surface area contributed by atoms with Crippen LogP contribution in [0.2, 0.25) is 0 Å². The van der Waals surface area contributed by atoms with Crippen LogP contribution in [0.15, 0.2) is 60.7 Å². The van der Waals surface area contributed by atoms with E-state index in [1.807, 2.05) is 31.2 Å². The van der Waals surface area contributed by atoms with Crippen molar-refractivity contribution in [2.75, 3.05) is 6.61 Å². The minimum absolute atomic E-state index is 0.0756. The molecule has 0 aromatic heterocycles. The smallest absolute Gasteiger partial charge is 0.155 e. The van der Waals surface area contributed by atoms with Gasteiger partial charge >= 0.3 is 0 Å². The minimum Gasteiger partial charge on any atom is -0.494 e. The summed E-state index contributed by atoms with van der Waals surface area (Å²) in [6.07, 6.45) is -1.37. The van der Waals surface area contributed by atoms with Gasteiger partial charge in [0.1, 0.15) is 23.1 Å². The fourth-order valence-electron chi connectivity index (χ4n) is 2.97. The Morgan fingerprint density at radius 3 is 2.36 bits per heavy atom. The SMILES string of the molecule is CCOc1cc(CC(O)O)cc(Oc2cccc(-c3ccc(F)c(C)c3)c2)c1. The lowest BCUT2D eigenvalue weighted by molar-refractivity contribution is -0.0381. The molecule has 0 heterocycles. The van der Waals surface area contributed by atoms with E-state index in [0.29, 0.717) is 35.0 Å². The molecule has 146 valence electrons. The predicted octanol–water partition coefficient (Wildman–Crippen LogP) is 4.85. The van der Waals surface area contributed by atoms with Gasteiger partial charge in [-0.05, 0) is 72.5 Å². The molecule has 5 heteroatoms. The Bertz CT molecular complexity index is 953. The molecule has 28 heavy (non-hydrogen) atoms. The first kappa shape index (κ1) is 19.9. The number of benzene rings is 3. The highest BCUT2D eigenvalue weighted by molar-refractivity contribution is 5.66. The number of hydrogen-bond acceptors (Lipinski definition) is 4. The number of rotatable bonds is 7. The maximum absolute atomic E-state index is 13.5. The highest BCUT2D eigenvalue weighted by Crippen LogP contribution is 2.31. The summed E-state index contributed by atoms with van der Waals surface area (Å²) in [6.45, 7) is 4.10. The van der Waals surface area contributed by atoms with Crippen LogP contribution in [0, 0.1) is 12.7 Å². The molecule has 0 aliphatic heterocycles. The highest BCUT2D eigenvalue weighted by Gasteiger charge is 2.09. The fraction of sp³-hybridized carbons (Fsp3) is 0.217. The highest BCUT2D eigenvalue weighted by atomic mass is 19.1. The van der Waals surface area contributed by atoms with Gasteiger partial charge in [0.2, 0.25) is 0 Å². The van der Waals surface area contributed by atoms with E-state index in [-0.39, 0.29) is 12.2 Å². The predicted molar refractivity (Wildman–Crippen MR) is 106 cm³/mol. The van der Waals surface area contributed by atoms with E-state index in [0.717, 1.165) is 11.1 Å². The molecule has 0 fully saturated rings. The Hall–Kier alpha value is -2.89. The quantitative estimate of drug-likeness (QED) is 0.574. The summed E-state index contributed by atoms with van der Waals surface area (Å²) in [4.78, 5) is 0. The normalized spacial score (nSPS) is 10.9. The van der Waals surface area contributed by atoms with E-state index in [9.17, 15) is 14.6 Å². The number of halogens is 1. The maximum Gasteiger partial charge on any atom is 0.155 e. The third kappa shape index (κ3) is 5.09. The largest absolute Gasteiger partial charge is 0.494 e. The second-order valence-electron chi connectivity index (χ2n) is 6.52. The molecule has 0 amide bonds. The monoisotopic (exact) mass is 382 g/mol. The molecule has 0 spiro atoms. The summed E-state index contributed by atoms with van der Waals surface area (Å²) in [7, 11) is 0. The first-order valence-corrected chi connectivity index (χ1v) is 9.12. The van der Waals surface area contributed by atoms with Gasteiger partial charge in [0.05, 0.1) is 6.61 Å². The molecule has 3 aromatic carbocycles. The van der Waals surface area contributed by atoms with E-state index < -0.39 is 6.29 Å². The lowest BCUT2D eigenvalue weighted by Gasteiger charge is -2.13. The molecule has 0 aliphatic carbocycles. The summed E-state index contributed by atoms with van der Waals surface area (Å²) in [6, 6.07) is 17.8. The van der Waals surface area contributed by atoms with E-state index in [2.05, 4.69) is 0 Å². The molecule has 0 atom stereocenters. The summed E-state index contributed by atoms with van der Waals surface area (Å²) in [5.74, 6) is 1.51. The van der Waals surface area contributed by atoms with Crippen molar-refractivity contribution >= 4 is 0 Å². The molecule has 3 aromatic rings. The van der Waals surface area contributed by atoms with Crippen LogP contribution in [-0.2, 0) is 6.42 Å². The van der Waals surface area contributed by atoms with Crippen molar-refractivity contribution in [2.45, 2.75) is 26.6 Å². The van der Waals surface area contributed by atoms with Crippen molar-refractivity contribution in [3.63, 3.8) is 0 Å². The maximum atomic E-state index is 13.5. The van der Waals surface area contributed by atoms with Crippen molar-refractivity contribution in [1.82, 2.24) is 0 Å². The molecular formula is C23H23FO4. The van der Waals surface area contributed by atoms with Gasteiger partial charge < -0.3 is 19.7 Å². The van der Waals surface area contributed by atoms with Gasteiger partial charge in [-0.15, -0.1) is 0 Å². The van der Waals surface area contributed by atoms with Crippen LogP contribution in [0.5, 0.6) is 17.2 Å². The van der Waals surface area contributed by atoms with E-state index in [1.54, 1.807) is 37.3 Å². The van der Waals surface area contributed by atoms with Crippen LogP contribution in [0.3, 0.4) is 0 Å². The van der Waals surface area contributed by atoms with Gasteiger partial charge in [0.15, 0.2) is 6.29 Å². The van der Waals surface area contributed by atoms with Crippen molar-refractivity contribution in [1.29, 1.82) is 0 Å². The second kappa shape index (κ2) is 8.87. The number of hydrogen-bond donors (Lipinski definition) is 2. The Morgan fingerprint density at radius 2 is 1.64 bits per heavy atom. The second-order valence-corrected chi connectivity index (χ2v) is 6.52. The first-order valence-electron chi connectivity index (χ1n) is 9.12. The van der Waals surface area contributed by atoms with Gasteiger partial charge in [-0.2, -0.15) is 0 Å². The zero-order valence-corrected chi connectivity index (χ0v) is 15.9. The summed E-state index contributed by atoms with van der Waals surface area (Å²) in [5.41, 5.74) is 3.09. The van der Waals surface area contributed by atoms with Gasteiger partial charge in [-0.3, -0.25) is 0 Å². The third-order valence-corrected chi connectivity index (χ3v) is 4.23. The van der Waals surface area contributed by atoms with Crippen LogP contribution < -0.4 is 9.47 Å². The average molecular weight is 382 g/mol. The molecule has 0 saturated carbocycles. The van der Waals surface area contributed by atoms with E-state index in [1.165, 1.54) is 6.07 Å². The Labute approximate surface area is 163 Å². The lowest BCUT2D eigenvalue weighted by Crippen LogP contribution is -2.08. The van der Waals surface area contributed by atoms with Crippen molar-refractivity contribution < 1.29 is 24.1 Å². The standard InChI is InChI=1S/C23H23FO4/c1-3-27-20-10-16(12-23(25)26)11-21(14-20)28-19-6-4-5-17(13-19)18-7-8-22(24)15(2)9-18/h4-11,13-14,23,25-26H,3,12H2,1-2H3. The summed E-state index contributed by atoms with van der Waals surface area (Å²) >= 11 is 0. The van der Waals surface area contributed by atoms with Crippen molar-refractivity contribution in [3.05, 3.63) is 77.6 Å². The zero-order chi connectivity index (χ0) is 20.1. The van der Waals surface area contributed by atoms with Crippen molar-refractivity contribution in [2.24, 2.45) is 0 Å². The topological polar surface area (TPSA) is 58.9 Å². The van der Waals surface area contributed by atoms with Crippen LogP contribution >= 0.6 is 0 Å². The van der Waals surface area contributed by atoms with Gasteiger partial charge in [-0.1, -0.05) is 18.2 Å². The van der Waals surface area contributed by atoms with Gasteiger partial charge in [-0.25, -0.2) is 4.39 Å².